The summed E-state index contributed by atoms with van der Waals surface area (Å²) in [5, 5.41) is 5.96. The first-order valence-electron chi connectivity index (χ1n) is 8.45. The van der Waals surface area contributed by atoms with E-state index in [9.17, 15) is 4.79 Å². The summed E-state index contributed by atoms with van der Waals surface area (Å²) in [4.78, 5) is 24.5. The number of urea groups is 1. The number of aromatic nitrogens is 3. The van der Waals surface area contributed by atoms with E-state index in [1.54, 1.807) is 24.8 Å². The average molecular weight is 335 g/mol. The van der Waals surface area contributed by atoms with Crippen LogP contribution in [0.3, 0.4) is 0 Å². The van der Waals surface area contributed by atoms with Crippen LogP contribution in [0.25, 0.3) is 0 Å². The number of nitrogens with one attached hydrogen (secondary N) is 2. The van der Waals surface area contributed by atoms with Crippen molar-refractivity contribution in [3.63, 3.8) is 0 Å². The highest BCUT2D eigenvalue weighted by Gasteiger charge is 2.32. The summed E-state index contributed by atoms with van der Waals surface area (Å²) in [6.07, 6.45) is 13.1. The number of nitrogens with zero attached hydrogens (tertiary/aromatic N) is 3. The van der Waals surface area contributed by atoms with E-state index in [1.165, 1.54) is 12.7 Å². The van der Waals surface area contributed by atoms with Gasteiger partial charge in [0.05, 0.1) is 17.4 Å². The van der Waals surface area contributed by atoms with Crippen molar-refractivity contribution in [2.45, 2.75) is 44.6 Å². The zero-order valence-electron chi connectivity index (χ0n) is 14.2. The highest BCUT2D eigenvalue weighted by Crippen LogP contribution is 2.28. The van der Waals surface area contributed by atoms with Crippen LogP contribution in [0, 0.1) is 18.8 Å². The Bertz CT molecular complexity index is 788. The van der Waals surface area contributed by atoms with Crippen LogP contribution in [0.5, 0.6) is 0 Å². The molecule has 0 saturated heterocycles. The van der Waals surface area contributed by atoms with Gasteiger partial charge in [0.25, 0.3) is 0 Å². The first kappa shape index (κ1) is 16.9. The Morgan fingerprint density at radius 3 is 2.60 bits per heavy atom. The molecular formula is C19H21N5O. The Hall–Kier alpha value is -2.94. The molecule has 2 heterocycles. The summed E-state index contributed by atoms with van der Waals surface area (Å²) < 4.78 is 0. The number of rotatable bonds is 2. The van der Waals surface area contributed by atoms with Gasteiger partial charge in [0.1, 0.15) is 11.9 Å². The lowest BCUT2D eigenvalue weighted by molar-refractivity contribution is 0.234. The van der Waals surface area contributed by atoms with Crippen LogP contribution in [-0.2, 0) is 0 Å². The molecule has 25 heavy (non-hydrogen) atoms. The van der Waals surface area contributed by atoms with Crippen LogP contribution in [-0.4, -0.2) is 26.5 Å². The normalized spacial score (nSPS) is 15.6. The van der Waals surface area contributed by atoms with E-state index in [4.69, 9.17) is 0 Å². The van der Waals surface area contributed by atoms with E-state index in [2.05, 4.69) is 37.4 Å². The van der Waals surface area contributed by atoms with E-state index in [1.807, 2.05) is 13.0 Å². The van der Waals surface area contributed by atoms with Gasteiger partial charge in [-0.25, -0.2) is 14.8 Å². The van der Waals surface area contributed by atoms with Gasteiger partial charge in [0, 0.05) is 18.6 Å². The fourth-order valence-electron chi connectivity index (χ4n) is 2.96. The van der Waals surface area contributed by atoms with Crippen LogP contribution in [0.4, 0.5) is 10.5 Å². The summed E-state index contributed by atoms with van der Waals surface area (Å²) in [5.41, 5.74) is 1.90. The van der Waals surface area contributed by atoms with Crippen LogP contribution < -0.4 is 10.6 Å². The summed E-state index contributed by atoms with van der Waals surface area (Å²) in [6.45, 7) is 1.93. The maximum atomic E-state index is 12.5. The van der Waals surface area contributed by atoms with E-state index >= 15 is 0 Å². The third-order valence-corrected chi connectivity index (χ3v) is 4.35. The molecular weight excluding hydrogens is 314 g/mol. The molecule has 0 spiro atoms. The van der Waals surface area contributed by atoms with Gasteiger partial charge in [-0.1, -0.05) is 31.1 Å². The Kier molecular flexibility index (Phi) is 5.24. The quantitative estimate of drug-likeness (QED) is 0.827. The van der Waals surface area contributed by atoms with Gasteiger partial charge in [-0.05, 0) is 31.4 Å². The second-order valence-electron chi connectivity index (χ2n) is 6.29. The summed E-state index contributed by atoms with van der Waals surface area (Å²) >= 11 is 0. The number of hydrogen-bond donors (Lipinski definition) is 2. The molecule has 0 bridgehead atoms. The first-order valence-corrected chi connectivity index (χ1v) is 8.45. The third kappa shape index (κ3) is 4.54. The second kappa shape index (κ2) is 7.75. The summed E-state index contributed by atoms with van der Waals surface area (Å²) in [5.74, 6) is 6.37. The standard InChI is InChI=1S/C19H21N5O/c1-15-6-10-20-13-17(15)23-18(25)24-19(7-3-2-4-8-19)9-5-16-11-21-14-22-12-16/h6,10-14H,2-4,7-8H2,1H3,(H2,23,24,25). The fraction of sp³-hybridized carbons (Fsp3) is 0.368. The van der Waals surface area contributed by atoms with Crippen LogP contribution >= 0.6 is 0 Å². The summed E-state index contributed by atoms with van der Waals surface area (Å²) in [7, 11) is 0. The number of carbonyl (C=O) groups excluding carboxylic acids is 1. The smallest absolute Gasteiger partial charge is 0.320 e. The number of carbonyl (C=O) groups is 1. The van der Waals surface area contributed by atoms with Gasteiger partial charge in [-0.2, -0.15) is 0 Å². The maximum Gasteiger partial charge on any atom is 0.320 e. The topological polar surface area (TPSA) is 79.8 Å². The minimum Gasteiger partial charge on any atom is -0.322 e. The molecule has 0 aliphatic heterocycles. The fourth-order valence-corrected chi connectivity index (χ4v) is 2.96. The van der Waals surface area contributed by atoms with E-state index in [0.717, 1.165) is 36.8 Å². The molecule has 0 aromatic carbocycles. The minimum atomic E-state index is -0.520. The van der Waals surface area contributed by atoms with Crippen molar-refractivity contribution in [2.75, 3.05) is 5.32 Å². The molecule has 0 atom stereocenters. The average Bonchev–Trinajstić information content (AvgIpc) is 2.64. The highest BCUT2D eigenvalue weighted by molar-refractivity contribution is 5.90. The van der Waals surface area contributed by atoms with Crippen LogP contribution in [0.2, 0.25) is 0 Å². The molecule has 1 saturated carbocycles. The SMILES string of the molecule is Cc1ccncc1NC(=O)NC1(C#Cc2cncnc2)CCCCC1. The summed E-state index contributed by atoms with van der Waals surface area (Å²) in [6, 6.07) is 1.61. The number of hydrogen-bond acceptors (Lipinski definition) is 4. The molecule has 2 aromatic heterocycles. The molecule has 3 rings (SSSR count). The lowest BCUT2D eigenvalue weighted by Crippen LogP contribution is -2.50. The highest BCUT2D eigenvalue weighted by atomic mass is 16.2. The molecule has 0 unspecified atom stereocenters. The van der Waals surface area contributed by atoms with Crippen molar-refractivity contribution in [2.24, 2.45) is 0 Å². The van der Waals surface area contributed by atoms with Crippen molar-refractivity contribution < 1.29 is 4.79 Å². The largest absolute Gasteiger partial charge is 0.322 e. The molecule has 1 aliphatic carbocycles. The van der Waals surface area contributed by atoms with Crippen molar-refractivity contribution in [3.05, 3.63) is 48.3 Å². The Morgan fingerprint density at radius 2 is 1.88 bits per heavy atom. The number of anilines is 1. The third-order valence-electron chi connectivity index (χ3n) is 4.35. The van der Waals surface area contributed by atoms with Gasteiger partial charge in [-0.3, -0.25) is 4.98 Å². The predicted molar refractivity (Wildman–Crippen MR) is 95.9 cm³/mol. The lowest BCUT2D eigenvalue weighted by atomic mass is 9.82. The molecule has 2 aromatic rings. The molecule has 6 heteroatoms. The monoisotopic (exact) mass is 335 g/mol. The van der Waals surface area contributed by atoms with Gasteiger partial charge in [-0.15, -0.1) is 0 Å². The van der Waals surface area contributed by atoms with Crippen LogP contribution in [0.15, 0.2) is 37.2 Å². The van der Waals surface area contributed by atoms with E-state index in [-0.39, 0.29) is 6.03 Å². The van der Waals surface area contributed by atoms with Crippen molar-refractivity contribution in [3.8, 4) is 11.8 Å². The zero-order valence-corrected chi connectivity index (χ0v) is 14.2. The van der Waals surface area contributed by atoms with Crippen molar-refractivity contribution in [1.82, 2.24) is 20.3 Å². The second-order valence-corrected chi connectivity index (χ2v) is 6.29. The molecule has 6 nitrogen and oxygen atoms in total. The Balaban J connectivity index is 1.76. The Labute approximate surface area is 147 Å². The van der Waals surface area contributed by atoms with E-state index < -0.39 is 5.54 Å². The molecule has 128 valence electrons. The minimum absolute atomic E-state index is 0.253. The number of amides is 2. The lowest BCUT2D eigenvalue weighted by Gasteiger charge is -2.33. The van der Waals surface area contributed by atoms with Crippen molar-refractivity contribution >= 4 is 11.7 Å². The molecule has 2 amide bonds. The van der Waals surface area contributed by atoms with Crippen molar-refractivity contribution in [1.29, 1.82) is 0 Å². The van der Waals surface area contributed by atoms with Crippen LogP contribution in [0.1, 0.15) is 43.2 Å². The molecule has 2 N–H and O–H groups in total. The van der Waals surface area contributed by atoms with Gasteiger partial charge >= 0.3 is 6.03 Å². The predicted octanol–water partition coefficient (Wildman–Crippen LogP) is 3.06. The maximum absolute atomic E-state index is 12.5. The molecule has 1 aliphatic rings. The molecule has 0 radical (unpaired) electrons. The number of aryl methyl sites for hydroxylation is 1. The first-order chi connectivity index (χ1) is 12.2. The zero-order chi connectivity index (χ0) is 17.5. The van der Waals surface area contributed by atoms with E-state index in [0.29, 0.717) is 5.69 Å². The van der Waals surface area contributed by atoms with Gasteiger partial charge < -0.3 is 10.6 Å². The molecule has 1 fully saturated rings. The van der Waals surface area contributed by atoms with Gasteiger partial charge in [0.15, 0.2) is 0 Å². The Morgan fingerprint density at radius 1 is 1.12 bits per heavy atom. The number of pyridine rings is 1. The van der Waals surface area contributed by atoms with Gasteiger partial charge in [0.2, 0.25) is 0 Å².